The van der Waals surface area contributed by atoms with E-state index in [1.165, 1.54) is 62.5 Å². The Bertz CT molecular complexity index is 844. The maximum Gasteiger partial charge on any atom is 0.211 e. The molecule has 2 bridgehead atoms. The maximum atomic E-state index is 12.2. The lowest BCUT2D eigenvalue weighted by atomic mass is 9.73. The first kappa shape index (κ1) is 19.1. The summed E-state index contributed by atoms with van der Waals surface area (Å²) in [6, 6.07) is 8.59. The van der Waals surface area contributed by atoms with E-state index in [0.29, 0.717) is 0 Å². The minimum Gasteiger partial charge on any atom is -0.303 e. The fraction of sp³-hybridized carbons (Fsp3) is 0.739. The van der Waals surface area contributed by atoms with Crippen molar-refractivity contribution in [1.29, 1.82) is 0 Å². The Balaban J connectivity index is 1.31. The van der Waals surface area contributed by atoms with Gasteiger partial charge < -0.3 is 4.90 Å². The Kier molecular flexibility index (Phi) is 4.64. The van der Waals surface area contributed by atoms with E-state index < -0.39 is 10.0 Å². The molecular weight excluding hydrogens is 368 g/mol. The molecule has 0 amide bonds. The highest BCUT2D eigenvalue weighted by Gasteiger charge is 2.48. The molecule has 1 unspecified atom stereocenters. The number of hydrogen-bond acceptors (Lipinski definition) is 3. The summed E-state index contributed by atoms with van der Waals surface area (Å²) in [6.07, 6.45) is 10.5. The Labute approximate surface area is 170 Å². The molecule has 1 aromatic carbocycles. The standard InChI is InChI=1S/C23H34N2O2S/c1-24(28(2,26)27)22-15-23(21-6-4-3-5-20(21)22)9-11-25(12-10-23)16-19-14-17-7-8-18(19)13-17/h3-6,17-19,22H,7-16H2,1-2H3/t17-,18?,19+,22-/m0/s1. The van der Waals surface area contributed by atoms with E-state index in [-0.39, 0.29) is 11.5 Å². The number of benzene rings is 1. The third-order valence-electron chi connectivity index (χ3n) is 8.63. The van der Waals surface area contributed by atoms with E-state index in [1.54, 1.807) is 11.4 Å². The lowest BCUT2D eigenvalue weighted by Crippen LogP contribution is -2.44. The quantitative estimate of drug-likeness (QED) is 0.769. The molecule has 154 valence electrons. The van der Waals surface area contributed by atoms with Gasteiger partial charge in [-0.1, -0.05) is 30.7 Å². The van der Waals surface area contributed by atoms with Crippen LogP contribution in [0.1, 0.15) is 62.1 Å². The summed E-state index contributed by atoms with van der Waals surface area (Å²) in [7, 11) is -1.44. The number of piperidine rings is 1. The lowest BCUT2D eigenvalue weighted by Gasteiger charge is -2.42. The summed E-state index contributed by atoms with van der Waals surface area (Å²) < 4.78 is 26.0. The molecule has 1 heterocycles. The number of likely N-dealkylation sites (tertiary alicyclic amines) is 1. The minimum atomic E-state index is -3.19. The monoisotopic (exact) mass is 402 g/mol. The van der Waals surface area contributed by atoms with E-state index >= 15 is 0 Å². The van der Waals surface area contributed by atoms with Crippen molar-refractivity contribution in [3.8, 4) is 0 Å². The van der Waals surface area contributed by atoms with Gasteiger partial charge in [0.05, 0.1) is 12.3 Å². The van der Waals surface area contributed by atoms with E-state index in [1.807, 2.05) is 0 Å². The van der Waals surface area contributed by atoms with Crippen molar-refractivity contribution < 1.29 is 8.42 Å². The summed E-state index contributed by atoms with van der Waals surface area (Å²) in [5, 5.41) is 0. The first-order chi connectivity index (χ1) is 13.4. The van der Waals surface area contributed by atoms with Crippen molar-refractivity contribution in [2.75, 3.05) is 32.9 Å². The zero-order chi connectivity index (χ0) is 19.5. The molecule has 5 heteroatoms. The second kappa shape index (κ2) is 6.82. The van der Waals surface area contributed by atoms with Gasteiger partial charge in [0.1, 0.15) is 0 Å². The van der Waals surface area contributed by atoms with Gasteiger partial charge in [0.2, 0.25) is 10.0 Å². The average Bonchev–Trinajstić information content (AvgIpc) is 3.37. The molecule has 3 fully saturated rings. The summed E-state index contributed by atoms with van der Waals surface area (Å²) >= 11 is 0. The van der Waals surface area contributed by atoms with Gasteiger partial charge in [0.15, 0.2) is 0 Å². The van der Waals surface area contributed by atoms with Crippen molar-refractivity contribution in [3.63, 3.8) is 0 Å². The molecule has 4 aliphatic rings. The third-order valence-corrected chi connectivity index (χ3v) is 9.93. The highest BCUT2D eigenvalue weighted by Crippen LogP contribution is 2.53. The Morgan fingerprint density at radius 1 is 1.14 bits per heavy atom. The summed E-state index contributed by atoms with van der Waals surface area (Å²) in [4.78, 5) is 2.72. The number of hydrogen-bond donors (Lipinski definition) is 0. The first-order valence-corrected chi connectivity index (χ1v) is 13.0. The Morgan fingerprint density at radius 2 is 1.89 bits per heavy atom. The topological polar surface area (TPSA) is 40.6 Å². The molecule has 3 aliphatic carbocycles. The van der Waals surface area contributed by atoms with Gasteiger partial charge in [0, 0.05) is 13.6 Å². The smallest absolute Gasteiger partial charge is 0.211 e. The maximum absolute atomic E-state index is 12.2. The molecule has 0 N–H and O–H groups in total. The van der Waals surface area contributed by atoms with Crippen molar-refractivity contribution >= 4 is 10.0 Å². The van der Waals surface area contributed by atoms with Crippen molar-refractivity contribution in [3.05, 3.63) is 35.4 Å². The molecule has 2 saturated carbocycles. The third kappa shape index (κ3) is 3.14. The van der Waals surface area contributed by atoms with E-state index in [2.05, 4.69) is 29.2 Å². The zero-order valence-electron chi connectivity index (χ0n) is 17.3. The normalized spacial score (nSPS) is 34.4. The van der Waals surface area contributed by atoms with E-state index in [9.17, 15) is 8.42 Å². The van der Waals surface area contributed by atoms with Crippen LogP contribution in [0.2, 0.25) is 0 Å². The highest BCUT2D eigenvalue weighted by molar-refractivity contribution is 7.88. The molecular formula is C23H34N2O2S. The van der Waals surface area contributed by atoms with E-state index in [0.717, 1.165) is 37.3 Å². The van der Waals surface area contributed by atoms with Gasteiger partial charge in [0.25, 0.3) is 0 Å². The molecule has 1 saturated heterocycles. The van der Waals surface area contributed by atoms with Gasteiger partial charge in [-0.05, 0) is 85.9 Å². The second-order valence-corrected chi connectivity index (χ2v) is 12.1. The van der Waals surface area contributed by atoms with Crippen LogP contribution in [0.5, 0.6) is 0 Å². The lowest BCUT2D eigenvalue weighted by molar-refractivity contribution is 0.116. The van der Waals surface area contributed by atoms with Crippen LogP contribution in [-0.4, -0.2) is 50.6 Å². The predicted octanol–water partition coefficient (Wildman–Crippen LogP) is 3.79. The van der Waals surface area contributed by atoms with Crippen molar-refractivity contribution in [2.24, 2.45) is 17.8 Å². The van der Waals surface area contributed by atoms with Crippen LogP contribution in [0.3, 0.4) is 0 Å². The molecule has 4 atom stereocenters. The Morgan fingerprint density at radius 3 is 2.54 bits per heavy atom. The van der Waals surface area contributed by atoms with Crippen LogP contribution in [0.25, 0.3) is 0 Å². The molecule has 28 heavy (non-hydrogen) atoms. The molecule has 1 aromatic rings. The van der Waals surface area contributed by atoms with Crippen LogP contribution in [0, 0.1) is 17.8 Å². The second-order valence-electron chi connectivity index (χ2n) is 10.1. The van der Waals surface area contributed by atoms with E-state index in [4.69, 9.17) is 0 Å². The molecule has 4 nitrogen and oxygen atoms in total. The highest BCUT2D eigenvalue weighted by atomic mass is 32.2. The van der Waals surface area contributed by atoms with Crippen molar-refractivity contribution in [2.45, 2.75) is 56.4 Å². The van der Waals surface area contributed by atoms with Crippen LogP contribution >= 0.6 is 0 Å². The molecule has 0 aromatic heterocycles. The molecule has 1 aliphatic heterocycles. The number of rotatable bonds is 4. The molecule has 5 rings (SSSR count). The first-order valence-electron chi connectivity index (χ1n) is 11.1. The minimum absolute atomic E-state index is 0.0108. The van der Waals surface area contributed by atoms with Gasteiger partial charge in [-0.2, -0.15) is 4.31 Å². The molecule has 1 spiro atoms. The fourth-order valence-electron chi connectivity index (χ4n) is 6.98. The van der Waals surface area contributed by atoms with Gasteiger partial charge in [-0.15, -0.1) is 0 Å². The predicted molar refractivity (Wildman–Crippen MR) is 113 cm³/mol. The molecule has 0 radical (unpaired) electrons. The van der Waals surface area contributed by atoms with Gasteiger partial charge >= 0.3 is 0 Å². The van der Waals surface area contributed by atoms with Crippen molar-refractivity contribution in [1.82, 2.24) is 9.21 Å². The average molecular weight is 403 g/mol. The number of nitrogens with zero attached hydrogens (tertiary/aromatic N) is 2. The fourth-order valence-corrected chi connectivity index (χ4v) is 7.64. The van der Waals surface area contributed by atoms with Gasteiger partial charge in [-0.25, -0.2) is 8.42 Å². The van der Waals surface area contributed by atoms with Crippen LogP contribution < -0.4 is 0 Å². The van der Waals surface area contributed by atoms with Crippen LogP contribution in [-0.2, 0) is 15.4 Å². The number of fused-ring (bicyclic) bond motifs is 4. The van der Waals surface area contributed by atoms with Crippen LogP contribution in [0.4, 0.5) is 0 Å². The Hall–Kier alpha value is -0.910. The number of sulfonamides is 1. The SMILES string of the molecule is CN([C@H]1CC2(CCN(C[C@H]3C[C@H]4CCC3C4)CC2)c2ccccc21)S(C)(=O)=O. The van der Waals surface area contributed by atoms with Gasteiger partial charge in [-0.3, -0.25) is 0 Å². The zero-order valence-corrected chi connectivity index (χ0v) is 18.1. The van der Waals surface area contributed by atoms with Crippen LogP contribution in [0.15, 0.2) is 24.3 Å². The largest absolute Gasteiger partial charge is 0.303 e. The summed E-state index contributed by atoms with van der Waals surface area (Å²) in [5.74, 6) is 2.97. The summed E-state index contributed by atoms with van der Waals surface area (Å²) in [6.45, 7) is 3.63. The summed E-state index contributed by atoms with van der Waals surface area (Å²) in [5.41, 5.74) is 2.80.